The standard InChI is InChI=1S/C25H25F2N5O3/c1-16(33)28-13-19-15-31(25(34)35-19)17-6-7-24(22(27)12-17)30-10-8-18(14-30)32-11-9-23(29-32)20-4-2-3-5-21(20)26/h2-7,9,11-12,18-19H,8,10,13-15H2,1H3,(H,28,33)/t18-,19-/m0/s1. The molecule has 2 amide bonds. The molecule has 5 rings (SSSR count). The number of hydrogen-bond acceptors (Lipinski definition) is 5. The van der Waals surface area contributed by atoms with Crippen molar-refractivity contribution in [3.8, 4) is 11.3 Å². The van der Waals surface area contributed by atoms with Crippen LogP contribution in [0.5, 0.6) is 0 Å². The van der Waals surface area contributed by atoms with Crippen LogP contribution in [0.2, 0.25) is 0 Å². The number of ether oxygens (including phenoxy) is 1. The van der Waals surface area contributed by atoms with Gasteiger partial charge in [-0.15, -0.1) is 0 Å². The first kappa shape index (κ1) is 22.8. The van der Waals surface area contributed by atoms with Crippen molar-refractivity contribution in [3.63, 3.8) is 0 Å². The summed E-state index contributed by atoms with van der Waals surface area (Å²) < 4.78 is 36.3. The van der Waals surface area contributed by atoms with Crippen molar-refractivity contribution in [1.82, 2.24) is 15.1 Å². The van der Waals surface area contributed by atoms with Crippen molar-refractivity contribution < 1.29 is 23.1 Å². The Bertz CT molecular complexity index is 1260. The highest BCUT2D eigenvalue weighted by molar-refractivity contribution is 5.90. The second kappa shape index (κ2) is 9.36. The molecule has 0 saturated carbocycles. The number of nitrogens with one attached hydrogen (secondary N) is 1. The van der Waals surface area contributed by atoms with Crippen molar-refractivity contribution in [2.24, 2.45) is 0 Å². The maximum atomic E-state index is 15.1. The Morgan fingerprint density at radius 2 is 1.97 bits per heavy atom. The summed E-state index contributed by atoms with van der Waals surface area (Å²) in [6, 6.07) is 13.0. The minimum absolute atomic E-state index is 0.0256. The third-order valence-electron chi connectivity index (χ3n) is 6.33. The molecule has 0 radical (unpaired) electrons. The first-order chi connectivity index (χ1) is 16.9. The van der Waals surface area contributed by atoms with Crippen molar-refractivity contribution >= 4 is 23.4 Å². The van der Waals surface area contributed by atoms with Gasteiger partial charge in [0.2, 0.25) is 5.91 Å². The number of amides is 2. The fourth-order valence-electron chi connectivity index (χ4n) is 4.55. The fourth-order valence-corrected chi connectivity index (χ4v) is 4.55. The number of rotatable bonds is 6. The third-order valence-corrected chi connectivity index (χ3v) is 6.33. The monoisotopic (exact) mass is 481 g/mol. The molecule has 35 heavy (non-hydrogen) atoms. The topological polar surface area (TPSA) is 79.7 Å². The van der Waals surface area contributed by atoms with Gasteiger partial charge in [-0.3, -0.25) is 14.4 Å². The van der Waals surface area contributed by atoms with E-state index >= 15 is 4.39 Å². The van der Waals surface area contributed by atoms with Crippen LogP contribution >= 0.6 is 0 Å². The molecule has 1 N–H and O–H groups in total. The SMILES string of the molecule is CC(=O)NC[C@H]1CN(c2ccc(N3CC[C@H](n4ccc(-c5ccccc5F)n4)C3)c(F)c2)C(=O)O1. The minimum Gasteiger partial charge on any atom is -0.442 e. The fraction of sp³-hybridized carbons (Fsp3) is 0.320. The molecule has 2 fully saturated rings. The number of hydrogen-bond donors (Lipinski definition) is 1. The van der Waals surface area contributed by atoms with E-state index in [4.69, 9.17) is 4.74 Å². The summed E-state index contributed by atoms with van der Waals surface area (Å²) in [4.78, 5) is 26.6. The Morgan fingerprint density at radius 3 is 2.74 bits per heavy atom. The molecule has 1 aromatic heterocycles. The number of cyclic esters (lactones) is 1. The van der Waals surface area contributed by atoms with Crippen molar-refractivity contribution in [1.29, 1.82) is 0 Å². The summed E-state index contributed by atoms with van der Waals surface area (Å²) in [6.45, 7) is 3.02. The normalized spacial score (nSPS) is 19.8. The summed E-state index contributed by atoms with van der Waals surface area (Å²) >= 11 is 0. The number of carbonyl (C=O) groups is 2. The van der Waals surface area contributed by atoms with Gasteiger partial charge in [0.05, 0.1) is 36.2 Å². The maximum absolute atomic E-state index is 15.1. The number of nitrogens with zero attached hydrogens (tertiary/aromatic N) is 4. The summed E-state index contributed by atoms with van der Waals surface area (Å²) in [6.07, 6.45) is 1.53. The molecule has 8 nitrogen and oxygen atoms in total. The largest absolute Gasteiger partial charge is 0.442 e. The molecule has 0 aliphatic carbocycles. The molecule has 3 aromatic rings. The molecule has 0 unspecified atom stereocenters. The second-order valence-corrected chi connectivity index (χ2v) is 8.74. The van der Waals surface area contributed by atoms with E-state index in [1.54, 1.807) is 36.4 Å². The molecule has 0 spiro atoms. The van der Waals surface area contributed by atoms with Crippen LogP contribution in [0.3, 0.4) is 0 Å². The van der Waals surface area contributed by atoms with E-state index in [0.29, 0.717) is 35.7 Å². The van der Waals surface area contributed by atoms with Gasteiger partial charge in [-0.2, -0.15) is 5.10 Å². The van der Waals surface area contributed by atoms with Gasteiger partial charge in [0.25, 0.3) is 0 Å². The third kappa shape index (κ3) is 4.68. The second-order valence-electron chi connectivity index (χ2n) is 8.74. The number of aromatic nitrogens is 2. The van der Waals surface area contributed by atoms with Gasteiger partial charge in [0.15, 0.2) is 0 Å². The molecule has 2 aromatic carbocycles. The quantitative estimate of drug-likeness (QED) is 0.580. The zero-order chi connectivity index (χ0) is 24.5. The van der Waals surface area contributed by atoms with Crippen LogP contribution in [-0.4, -0.2) is 54.1 Å². The molecule has 2 aliphatic rings. The molecular weight excluding hydrogens is 456 g/mol. The van der Waals surface area contributed by atoms with Gasteiger partial charge < -0.3 is 15.0 Å². The lowest BCUT2D eigenvalue weighted by atomic mass is 10.1. The van der Waals surface area contributed by atoms with E-state index in [1.165, 1.54) is 24.0 Å². The summed E-state index contributed by atoms with van der Waals surface area (Å²) in [5.74, 6) is -0.970. The Labute approximate surface area is 201 Å². The lowest BCUT2D eigenvalue weighted by molar-refractivity contribution is -0.119. The molecule has 2 atom stereocenters. The molecular formula is C25H25F2N5O3. The maximum Gasteiger partial charge on any atom is 0.414 e. The first-order valence-corrected chi connectivity index (χ1v) is 11.5. The Hall–Kier alpha value is -3.95. The average Bonchev–Trinajstić information content (AvgIpc) is 3.57. The number of anilines is 2. The zero-order valence-electron chi connectivity index (χ0n) is 19.2. The minimum atomic E-state index is -0.571. The van der Waals surface area contributed by atoms with E-state index in [0.717, 1.165) is 6.42 Å². The summed E-state index contributed by atoms with van der Waals surface area (Å²) in [5, 5.41) is 7.17. The average molecular weight is 482 g/mol. The van der Waals surface area contributed by atoms with Gasteiger partial charge in [0.1, 0.15) is 17.7 Å². The van der Waals surface area contributed by atoms with E-state index in [-0.39, 0.29) is 30.9 Å². The molecule has 182 valence electrons. The zero-order valence-corrected chi connectivity index (χ0v) is 19.2. The van der Waals surface area contributed by atoms with Crippen LogP contribution in [0.25, 0.3) is 11.3 Å². The molecule has 2 saturated heterocycles. The van der Waals surface area contributed by atoms with Gasteiger partial charge in [-0.1, -0.05) is 12.1 Å². The summed E-state index contributed by atoms with van der Waals surface area (Å²) in [5.41, 5.74) is 1.85. The highest BCUT2D eigenvalue weighted by Gasteiger charge is 2.33. The van der Waals surface area contributed by atoms with Crippen molar-refractivity contribution in [2.45, 2.75) is 25.5 Å². The van der Waals surface area contributed by atoms with E-state index in [2.05, 4.69) is 10.4 Å². The van der Waals surface area contributed by atoms with Gasteiger partial charge in [-0.25, -0.2) is 13.6 Å². The lowest BCUT2D eigenvalue weighted by Crippen LogP contribution is -2.33. The number of benzene rings is 2. The summed E-state index contributed by atoms with van der Waals surface area (Å²) in [7, 11) is 0. The Kier molecular flexibility index (Phi) is 6.10. The molecule has 2 aliphatic heterocycles. The van der Waals surface area contributed by atoms with Gasteiger partial charge >= 0.3 is 6.09 Å². The smallest absolute Gasteiger partial charge is 0.414 e. The van der Waals surface area contributed by atoms with Crippen LogP contribution in [0.4, 0.5) is 25.0 Å². The number of carbonyl (C=O) groups excluding carboxylic acids is 2. The Balaban J connectivity index is 1.25. The van der Waals surface area contributed by atoms with E-state index < -0.39 is 18.0 Å². The van der Waals surface area contributed by atoms with Crippen LogP contribution in [0.15, 0.2) is 54.7 Å². The lowest BCUT2D eigenvalue weighted by Gasteiger charge is -2.21. The van der Waals surface area contributed by atoms with Gasteiger partial charge in [0, 0.05) is 31.8 Å². The highest BCUT2D eigenvalue weighted by Crippen LogP contribution is 2.32. The van der Waals surface area contributed by atoms with Crippen LogP contribution in [0.1, 0.15) is 19.4 Å². The van der Waals surface area contributed by atoms with Crippen molar-refractivity contribution in [2.75, 3.05) is 36.0 Å². The van der Waals surface area contributed by atoms with E-state index in [9.17, 15) is 14.0 Å². The van der Waals surface area contributed by atoms with Crippen LogP contribution < -0.4 is 15.1 Å². The predicted octanol–water partition coefficient (Wildman–Crippen LogP) is 3.74. The predicted molar refractivity (Wildman–Crippen MR) is 126 cm³/mol. The van der Waals surface area contributed by atoms with Gasteiger partial charge in [-0.05, 0) is 42.8 Å². The highest BCUT2D eigenvalue weighted by atomic mass is 19.1. The Morgan fingerprint density at radius 1 is 1.14 bits per heavy atom. The van der Waals surface area contributed by atoms with E-state index in [1.807, 2.05) is 15.8 Å². The number of halogens is 2. The van der Waals surface area contributed by atoms with Crippen LogP contribution in [-0.2, 0) is 9.53 Å². The first-order valence-electron chi connectivity index (χ1n) is 11.5. The molecule has 0 bridgehead atoms. The van der Waals surface area contributed by atoms with Crippen LogP contribution in [0, 0.1) is 11.6 Å². The van der Waals surface area contributed by atoms with Crippen molar-refractivity contribution in [3.05, 3.63) is 66.4 Å². The molecule has 10 heteroatoms. The molecule has 3 heterocycles.